The molecule has 7 heteroatoms. The third-order valence-electron chi connectivity index (χ3n) is 5.26. The number of ether oxygens (including phenoxy) is 1. The van der Waals surface area contributed by atoms with Crippen LogP contribution < -0.4 is 0 Å². The number of likely N-dealkylation sites (tertiary alicyclic amines) is 1. The Morgan fingerprint density at radius 3 is 2.92 bits per heavy atom. The van der Waals surface area contributed by atoms with Gasteiger partial charge >= 0.3 is 0 Å². The second-order valence-corrected chi connectivity index (χ2v) is 7.84. The average molecular weight is 349 g/mol. The number of aryl methyl sites for hydroxylation is 1. The van der Waals surface area contributed by atoms with Crippen LogP contribution in [0, 0.1) is 5.41 Å². The van der Waals surface area contributed by atoms with Crippen molar-refractivity contribution in [2.75, 3.05) is 66.6 Å². The number of piperidine rings is 1. The van der Waals surface area contributed by atoms with Gasteiger partial charge in [0.2, 0.25) is 0 Å². The number of amides is 1. The van der Waals surface area contributed by atoms with Crippen LogP contribution in [-0.4, -0.2) is 97.0 Å². The van der Waals surface area contributed by atoms with E-state index in [4.69, 9.17) is 4.74 Å². The molecule has 0 bridgehead atoms. The summed E-state index contributed by atoms with van der Waals surface area (Å²) in [6.07, 6.45) is 3.98. The molecule has 25 heavy (non-hydrogen) atoms. The Bertz CT molecular complexity index is 588. The van der Waals surface area contributed by atoms with Crippen LogP contribution in [0.25, 0.3) is 0 Å². The molecule has 140 valence electrons. The Balaban J connectivity index is 1.68. The summed E-state index contributed by atoms with van der Waals surface area (Å²) in [5.41, 5.74) is 0.587. The first-order valence-electron chi connectivity index (χ1n) is 9.21. The number of carbonyl (C=O) groups excluding carboxylic acids is 1. The highest BCUT2D eigenvalue weighted by Gasteiger charge is 2.40. The molecule has 1 amide bonds. The van der Waals surface area contributed by atoms with Gasteiger partial charge in [-0.1, -0.05) is 0 Å². The lowest BCUT2D eigenvalue weighted by Crippen LogP contribution is -2.52. The fourth-order valence-corrected chi connectivity index (χ4v) is 3.93. The first-order chi connectivity index (χ1) is 12.0. The first kappa shape index (κ1) is 18.4. The highest BCUT2D eigenvalue weighted by Crippen LogP contribution is 2.33. The minimum absolute atomic E-state index is 0.0452. The number of nitrogens with zero attached hydrogens (tertiary/aromatic N) is 5. The molecule has 2 saturated heterocycles. The molecule has 7 nitrogen and oxygen atoms in total. The standard InChI is InChI=1S/C18H31N5O2/c1-20(2)9-10-22-11-12-25-15-18(13-22)6-4-7-23(14-18)17(24)16-5-8-21(3)19-16/h5,8H,4,6-7,9-15H2,1-3H3. The molecule has 3 heterocycles. The molecule has 3 rings (SSSR count). The Kier molecular flexibility index (Phi) is 5.76. The van der Waals surface area contributed by atoms with Gasteiger partial charge in [-0.05, 0) is 33.0 Å². The number of likely N-dealkylation sites (N-methyl/N-ethyl adjacent to an activating group) is 1. The smallest absolute Gasteiger partial charge is 0.274 e. The van der Waals surface area contributed by atoms with E-state index in [-0.39, 0.29) is 11.3 Å². The van der Waals surface area contributed by atoms with Gasteiger partial charge in [0.05, 0.1) is 13.2 Å². The number of rotatable bonds is 4. The number of carbonyl (C=O) groups is 1. The van der Waals surface area contributed by atoms with Gasteiger partial charge in [0.1, 0.15) is 5.69 Å². The van der Waals surface area contributed by atoms with Gasteiger partial charge in [0, 0.05) is 57.9 Å². The molecular weight excluding hydrogens is 318 g/mol. The van der Waals surface area contributed by atoms with E-state index in [0.29, 0.717) is 5.69 Å². The normalized spacial score (nSPS) is 25.5. The molecule has 1 aromatic rings. The van der Waals surface area contributed by atoms with E-state index in [1.165, 1.54) is 0 Å². The van der Waals surface area contributed by atoms with Crippen molar-refractivity contribution < 1.29 is 9.53 Å². The average Bonchev–Trinajstić information content (AvgIpc) is 2.92. The number of hydrogen-bond acceptors (Lipinski definition) is 5. The van der Waals surface area contributed by atoms with Gasteiger partial charge in [-0.2, -0.15) is 5.10 Å². The maximum absolute atomic E-state index is 12.8. The predicted molar refractivity (Wildman–Crippen MR) is 96.6 cm³/mol. The van der Waals surface area contributed by atoms with E-state index in [0.717, 1.165) is 65.3 Å². The second kappa shape index (κ2) is 7.85. The van der Waals surface area contributed by atoms with Crippen molar-refractivity contribution in [1.82, 2.24) is 24.5 Å². The fourth-order valence-electron chi connectivity index (χ4n) is 3.93. The van der Waals surface area contributed by atoms with E-state index < -0.39 is 0 Å². The molecular formula is C18H31N5O2. The molecule has 0 radical (unpaired) electrons. The van der Waals surface area contributed by atoms with Crippen molar-refractivity contribution in [2.45, 2.75) is 12.8 Å². The first-order valence-corrected chi connectivity index (χ1v) is 9.21. The molecule has 2 aliphatic rings. The van der Waals surface area contributed by atoms with Crippen molar-refractivity contribution in [2.24, 2.45) is 12.5 Å². The van der Waals surface area contributed by atoms with Crippen molar-refractivity contribution in [1.29, 1.82) is 0 Å². The van der Waals surface area contributed by atoms with Crippen LogP contribution in [0.1, 0.15) is 23.3 Å². The summed E-state index contributed by atoms with van der Waals surface area (Å²) in [7, 11) is 6.06. The number of hydrogen-bond donors (Lipinski definition) is 0. The topological polar surface area (TPSA) is 53.8 Å². The van der Waals surface area contributed by atoms with Gasteiger partial charge < -0.3 is 14.5 Å². The largest absolute Gasteiger partial charge is 0.379 e. The maximum atomic E-state index is 12.8. The maximum Gasteiger partial charge on any atom is 0.274 e. The van der Waals surface area contributed by atoms with Crippen molar-refractivity contribution in [3.63, 3.8) is 0 Å². The van der Waals surface area contributed by atoms with Crippen LogP contribution in [0.2, 0.25) is 0 Å². The molecule has 0 N–H and O–H groups in total. The van der Waals surface area contributed by atoms with Gasteiger partial charge in [-0.25, -0.2) is 0 Å². The summed E-state index contributed by atoms with van der Waals surface area (Å²) >= 11 is 0. The Morgan fingerprint density at radius 2 is 2.20 bits per heavy atom. The van der Waals surface area contributed by atoms with Crippen molar-refractivity contribution in [3.8, 4) is 0 Å². The predicted octanol–water partition coefficient (Wildman–Crippen LogP) is 0.536. The van der Waals surface area contributed by atoms with E-state index in [1.54, 1.807) is 10.7 Å². The van der Waals surface area contributed by atoms with Crippen LogP contribution in [0.3, 0.4) is 0 Å². The lowest BCUT2D eigenvalue weighted by atomic mass is 9.80. The second-order valence-electron chi connectivity index (χ2n) is 7.84. The molecule has 0 aromatic carbocycles. The molecule has 1 atom stereocenters. The molecule has 0 aliphatic carbocycles. The van der Waals surface area contributed by atoms with Crippen LogP contribution in [-0.2, 0) is 11.8 Å². The van der Waals surface area contributed by atoms with E-state index in [1.807, 2.05) is 18.1 Å². The summed E-state index contributed by atoms with van der Waals surface area (Å²) in [5.74, 6) is 0.0452. The third kappa shape index (κ3) is 4.59. The van der Waals surface area contributed by atoms with Gasteiger partial charge in [-0.3, -0.25) is 14.4 Å². The zero-order valence-corrected chi connectivity index (χ0v) is 15.8. The molecule has 1 unspecified atom stereocenters. The SMILES string of the molecule is CN(C)CCN1CCOCC2(CCCN(C(=O)c3ccn(C)n3)C2)C1. The summed E-state index contributed by atoms with van der Waals surface area (Å²) in [6.45, 7) is 7.19. The summed E-state index contributed by atoms with van der Waals surface area (Å²) < 4.78 is 7.63. The van der Waals surface area contributed by atoms with Crippen molar-refractivity contribution >= 4 is 5.91 Å². The van der Waals surface area contributed by atoms with Gasteiger partial charge in [0.25, 0.3) is 5.91 Å². The van der Waals surface area contributed by atoms with E-state index in [2.05, 4.69) is 29.0 Å². The molecule has 1 aromatic heterocycles. The monoisotopic (exact) mass is 349 g/mol. The third-order valence-corrected chi connectivity index (χ3v) is 5.26. The zero-order valence-electron chi connectivity index (χ0n) is 15.8. The Labute approximate surface area is 150 Å². The molecule has 1 spiro atoms. The van der Waals surface area contributed by atoms with Crippen LogP contribution >= 0.6 is 0 Å². The Morgan fingerprint density at radius 1 is 1.36 bits per heavy atom. The van der Waals surface area contributed by atoms with Crippen LogP contribution in [0.5, 0.6) is 0 Å². The lowest BCUT2D eigenvalue weighted by molar-refractivity contribution is 0.00691. The van der Waals surface area contributed by atoms with E-state index >= 15 is 0 Å². The summed E-state index contributed by atoms with van der Waals surface area (Å²) in [5, 5.41) is 4.28. The van der Waals surface area contributed by atoms with Crippen LogP contribution in [0.15, 0.2) is 12.3 Å². The zero-order chi connectivity index (χ0) is 17.9. The van der Waals surface area contributed by atoms with Crippen LogP contribution in [0.4, 0.5) is 0 Å². The highest BCUT2D eigenvalue weighted by molar-refractivity contribution is 5.92. The minimum Gasteiger partial charge on any atom is -0.379 e. The van der Waals surface area contributed by atoms with Crippen molar-refractivity contribution in [3.05, 3.63) is 18.0 Å². The highest BCUT2D eigenvalue weighted by atomic mass is 16.5. The molecule has 2 aliphatic heterocycles. The van der Waals surface area contributed by atoms with Gasteiger partial charge in [0.15, 0.2) is 0 Å². The van der Waals surface area contributed by atoms with Gasteiger partial charge in [-0.15, -0.1) is 0 Å². The van der Waals surface area contributed by atoms with E-state index in [9.17, 15) is 4.79 Å². The fraction of sp³-hybridized carbons (Fsp3) is 0.778. The lowest BCUT2D eigenvalue weighted by Gasteiger charge is -2.43. The summed E-state index contributed by atoms with van der Waals surface area (Å²) in [4.78, 5) is 19.5. The molecule has 2 fully saturated rings. The molecule has 0 saturated carbocycles. The quantitative estimate of drug-likeness (QED) is 0.794. The summed E-state index contributed by atoms with van der Waals surface area (Å²) in [6, 6.07) is 1.80. The minimum atomic E-state index is 0.0452. The Hall–Kier alpha value is -1.44. The number of aromatic nitrogens is 2.